The zero-order chi connectivity index (χ0) is 13.1. The van der Waals surface area contributed by atoms with E-state index in [1.807, 2.05) is 6.92 Å². The minimum atomic E-state index is 0.434. The van der Waals surface area contributed by atoms with E-state index in [1.165, 1.54) is 0 Å². The Balaban J connectivity index is 4.78. The molecule has 4 nitrogen and oxygen atoms in total. The van der Waals surface area contributed by atoms with Crippen molar-refractivity contribution in [2.24, 2.45) is 9.98 Å². The van der Waals surface area contributed by atoms with Gasteiger partial charge in [-0.15, -0.1) is 0 Å². The van der Waals surface area contributed by atoms with E-state index < -0.39 is 0 Å². The van der Waals surface area contributed by atoms with Gasteiger partial charge in [0.2, 0.25) is 0 Å². The molecule has 0 aromatic carbocycles. The molecule has 0 aromatic rings. The first-order chi connectivity index (χ1) is 8.21. The number of rotatable bonds is 8. The number of hydrogen-bond donors (Lipinski definition) is 2. The fraction of sp³-hybridized carbons (Fsp3) is 0.231. The maximum atomic E-state index is 4.25. The summed E-state index contributed by atoms with van der Waals surface area (Å²) in [7, 11) is 1.79. The van der Waals surface area contributed by atoms with Gasteiger partial charge in [-0.25, -0.2) is 0 Å². The van der Waals surface area contributed by atoms with Crippen molar-refractivity contribution in [2.45, 2.75) is 6.92 Å². The van der Waals surface area contributed by atoms with E-state index in [0.717, 1.165) is 11.3 Å². The standard InChI is InChI=1S/C13H20N4/c1-6-12(7-2)13(16-8-3)11(4)17-10-15-9-14-5/h6-9,17H,1-2,4,10H2,3,5H3,(H,14,15)/b16-8-. The van der Waals surface area contributed by atoms with Crippen LogP contribution in [0.1, 0.15) is 6.92 Å². The van der Waals surface area contributed by atoms with Crippen LogP contribution in [0.5, 0.6) is 0 Å². The van der Waals surface area contributed by atoms with E-state index in [-0.39, 0.29) is 0 Å². The van der Waals surface area contributed by atoms with Crippen LogP contribution in [0, 0.1) is 0 Å². The highest BCUT2D eigenvalue weighted by molar-refractivity contribution is 5.59. The zero-order valence-corrected chi connectivity index (χ0v) is 10.5. The van der Waals surface area contributed by atoms with E-state index in [1.54, 1.807) is 31.8 Å². The van der Waals surface area contributed by atoms with E-state index in [9.17, 15) is 0 Å². The normalized spacial score (nSPS) is 10.2. The molecule has 0 aliphatic heterocycles. The van der Waals surface area contributed by atoms with Crippen LogP contribution >= 0.6 is 0 Å². The highest BCUT2D eigenvalue weighted by atomic mass is 15.1. The summed E-state index contributed by atoms with van der Waals surface area (Å²) in [4.78, 5) is 8.30. The van der Waals surface area contributed by atoms with Crippen LogP contribution in [-0.2, 0) is 0 Å². The van der Waals surface area contributed by atoms with E-state index >= 15 is 0 Å². The Kier molecular flexibility index (Phi) is 8.02. The Morgan fingerprint density at radius 3 is 2.41 bits per heavy atom. The lowest BCUT2D eigenvalue weighted by Crippen LogP contribution is -2.15. The molecule has 0 spiro atoms. The van der Waals surface area contributed by atoms with Crippen molar-refractivity contribution in [1.29, 1.82) is 0 Å². The number of nitrogens with one attached hydrogen (secondary N) is 2. The molecular weight excluding hydrogens is 212 g/mol. The van der Waals surface area contributed by atoms with Crippen molar-refractivity contribution in [3.8, 4) is 0 Å². The second-order valence-corrected chi connectivity index (χ2v) is 3.01. The van der Waals surface area contributed by atoms with Crippen LogP contribution in [0.15, 0.2) is 58.8 Å². The second-order valence-electron chi connectivity index (χ2n) is 3.01. The van der Waals surface area contributed by atoms with Gasteiger partial charge in [-0.3, -0.25) is 9.98 Å². The molecule has 0 aliphatic rings. The van der Waals surface area contributed by atoms with Gasteiger partial charge in [0.25, 0.3) is 0 Å². The number of nitrogens with zero attached hydrogens (tertiary/aromatic N) is 2. The summed E-state index contributed by atoms with van der Waals surface area (Å²) >= 11 is 0. The molecule has 2 N–H and O–H groups in total. The van der Waals surface area contributed by atoms with Crippen molar-refractivity contribution in [3.05, 3.63) is 48.9 Å². The van der Waals surface area contributed by atoms with E-state index in [4.69, 9.17) is 0 Å². The first-order valence-corrected chi connectivity index (χ1v) is 5.27. The topological polar surface area (TPSA) is 48.8 Å². The van der Waals surface area contributed by atoms with Crippen molar-refractivity contribution in [2.75, 3.05) is 13.7 Å². The highest BCUT2D eigenvalue weighted by Gasteiger charge is 2.03. The van der Waals surface area contributed by atoms with Crippen LogP contribution in [0.4, 0.5) is 0 Å². The third-order valence-electron chi connectivity index (χ3n) is 1.86. The largest absolute Gasteiger partial charge is 0.379 e. The van der Waals surface area contributed by atoms with Crippen LogP contribution < -0.4 is 10.6 Å². The molecule has 0 heterocycles. The van der Waals surface area contributed by atoms with Gasteiger partial charge < -0.3 is 10.6 Å². The predicted octanol–water partition coefficient (Wildman–Crippen LogP) is 2.01. The Hall–Kier alpha value is -2.10. The Labute approximate surface area is 103 Å². The second kappa shape index (κ2) is 9.15. The molecule has 92 valence electrons. The van der Waals surface area contributed by atoms with Crippen molar-refractivity contribution in [1.82, 2.24) is 10.6 Å². The first-order valence-electron chi connectivity index (χ1n) is 5.27. The lowest BCUT2D eigenvalue weighted by Gasteiger charge is -2.10. The summed E-state index contributed by atoms with van der Waals surface area (Å²) in [5, 5.41) is 5.86. The van der Waals surface area contributed by atoms with Crippen LogP contribution in [0.2, 0.25) is 0 Å². The number of aliphatic imine (C=N–C) groups is 2. The third-order valence-corrected chi connectivity index (χ3v) is 1.86. The Morgan fingerprint density at radius 2 is 1.94 bits per heavy atom. The lowest BCUT2D eigenvalue weighted by molar-refractivity contribution is 0.833. The fourth-order valence-electron chi connectivity index (χ4n) is 1.09. The summed E-state index contributed by atoms with van der Waals surface area (Å²) in [5.74, 6) is 0. The molecule has 17 heavy (non-hydrogen) atoms. The van der Waals surface area contributed by atoms with E-state index in [0.29, 0.717) is 12.4 Å². The predicted molar refractivity (Wildman–Crippen MR) is 76.3 cm³/mol. The minimum Gasteiger partial charge on any atom is -0.379 e. The maximum Gasteiger partial charge on any atom is 0.109 e. The van der Waals surface area contributed by atoms with Crippen molar-refractivity contribution in [3.63, 3.8) is 0 Å². The van der Waals surface area contributed by atoms with Gasteiger partial charge >= 0.3 is 0 Å². The summed E-state index contributed by atoms with van der Waals surface area (Å²) in [6, 6.07) is 0. The molecule has 0 bridgehead atoms. The monoisotopic (exact) mass is 232 g/mol. The molecule has 0 saturated heterocycles. The molecule has 0 aliphatic carbocycles. The van der Waals surface area contributed by atoms with Gasteiger partial charge in [-0.1, -0.05) is 31.9 Å². The third kappa shape index (κ3) is 5.51. The summed E-state index contributed by atoms with van der Waals surface area (Å²) in [5.41, 5.74) is 2.24. The number of allylic oxidation sites excluding steroid dienone is 3. The smallest absolute Gasteiger partial charge is 0.109 e. The van der Waals surface area contributed by atoms with Gasteiger partial charge in [-0.2, -0.15) is 0 Å². The minimum absolute atomic E-state index is 0.434. The van der Waals surface area contributed by atoms with Crippen LogP contribution in [-0.4, -0.2) is 26.3 Å². The molecule has 0 aromatic heterocycles. The Bertz CT molecular complexity index is 352. The SMILES string of the molecule is C=CC(C=C)=C(/N=C\C)C(=C)NC/N=C\NC. The molecule has 4 heteroatoms. The molecule has 0 rings (SSSR count). The average molecular weight is 232 g/mol. The van der Waals surface area contributed by atoms with Crippen molar-refractivity contribution < 1.29 is 0 Å². The fourth-order valence-corrected chi connectivity index (χ4v) is 1.09. The van der Waals surface area contributed by atoms with Gasteiger partial charge in [-0.05, 0) is 6.92 Å². The molecule has 0 amide bonds. The van der Waals surface area contributed by atoms with E-state index in [2.05, 4.69) is 40.4 Å². The molecule has 0 unspecified atom stereocenters. The van der Waals surface area contributed by atoms with Gasteiger partial charge in [0, 0.05) is 18.8 Å². The van der Waals surface area contributed by atoms with Gasteiger partial charge in [0.05, 0.1) is 17.7 Å². The molecule has 0 saturated carbocycles. The maximum absolute atomic E-state index is 4.25. The summed E-state index contributed by atoms with van der Waals surface area (Å²) < 4.78 is 0. The van der Waals surface area contributed by atoms with Crippen LogP contribution in [0.25, 0.3) is 0 Å². The summed E-state index contributed by atoms with van der Waals surface area (Å²) in [6.45, 7) is 13.6. The highest BCUT2D eigenvalue weighted by Crippen LogP contribution is 2.14. The van der Waals surface area contributed by atoms with Crippen LogP contribution in [0.3, 0.4) is 0 Å². The number of hydrogen-bond acceptors (Lipinski definition) is 3. The first kappa shape index (κ1) is 14.9. The lowest BCUT2D eigenvalue weighted by atomic mass is 10.1. The molecular formula is C13H20N4. The molecule has 0 atom stereocenters. The zero-order valence-electron chi connectivity index (χ0n) is 10.5. The quantitative estimate of drug-likeness (QED) is 0.382. The Morgan fingerprint density at radius 1 is 1.29 bits per heavy atom. The molecule has 0 radical (unpaired) electrons. The van der Waals surface area contributed by atoms with Gasteiger partial charge in [0.15, 0.2) is 0 Å². The average Bonchev–Trinajstić information content (AvgIpc) is 2.34. The van der Waals surface area contributed by atoms with Crippen molar-refractivity contribution >= 4 is 12.6 Å². The summed E-state index contributed by atoms with van der Waals surface area (Å²) in [6.07, 6.45) is 6.69. The molecule has 0 fully saturated rings. The van der Waals surface area contributed by atoms with Gasteiger partial charge in [0.1, 0.15) is 6.67 Å².